The quantitative estimate of drug-likeness (QED) is 0.681. The largest absolute Gasteiger partial charge is 0.456 e. The van der Waals surface area contributed by atoms with Crippen molar-refractivity contribution < 1.29 is 14.3 Å². The van der Waals surface area contributed by atoms with Gasteiger partial charge in [0.2, 0.25) is 6.41 Å². The summed E-state index contributed by atoms with van der Waals surface area (Å²) in [5.41, 5.74) is 2.73. The first-order chi connectivity index (χ1) is 10.8. The number of anilines is 1. The Bertz CT molecular complexity index is 771. The molecule has 1 aliphatic rings. The van der Waals surface area contributed by atoms with Crippen molar-refractivity contribution in [3.05, 3.63) is 60.0 Å². The lowest BCUT2D eigenvalue weighted by Gasteiger charge is -2.08. The van der Waals surface area contributed by atoms with Crippen molar-refractivity contribution in [1.82, 2.24) is 4.40 Å². The van der Waals surface area contributed by atoms with Crippen LogP contribution in [0.2, 0.25) is 0 Å². The summed E-state index contributed by atoms with van der Waals surface area (Å²) in [5.74, 6) is -0.417. The van der Waals surface area contributed by atoms with Crippen LogP contribution in [-0.4, -0.2) is 23.4 Å². The van der Waals surface area contributed by atoms with Crippen molar-refractivity contribution in [2.75, 3.05) is 11.9 Å². The summed E-state index contributed by atoms with van der Waals surface area (Å²) < 4.78 is 7.08. The number of rotatable bonds is 5. The predicted molar refractivity (Wildman–Crippen MR) is 83.8 cm³/mol. The molecule has 0 spiro atoms. The second kappa shape index (κ2) is 6.30. The highest BCUT2D eigenvalue weighted by molar-refractivity contribution is 5.95. The second-order valence-electron chi connectivity index (χ2n) is 5.00. The van der Waals surface area contributed by atoms with Crippen LogP contribution in [-0.2, 0) is 9.53 Å². The number of esters is 1. The van der Waals surface area contributed by atoms with Crippen LogP contribution in [0.3, 0.4) is 0 Å². The Morgan fingerprint density at radius 2 is 2.27 bits per heavy atom. The molecule has 5 heteroatoms. The minimum absolute atomic E-state index is 0.256. The Labute approximate surface area is 127 Å². The summed E-state index contributed by atoms with van der Waals surface area (Å²) in [6.45, 7) is 0.256. The molecule has 0 radical (unpaired) electrons. The maximum absolute atomic E-state index is 12.3. The van der Waals surface area contributed by atoms with E-state index in [1.807, 2.05) is 24.3 Å². The van der Waals surface area contributed by atoms with Crippen LogP contribution in [0.25, 0.3) is 5.52 Å². The van der Waals surface area contributed by atoms with Gasteiger partial charge in [-0.05, 0) is 36.6 Å². The first kappa shape index (κ1) is 14.1. The van der Waals surface area contributed by atoms with Gasteiger partial charge in [-0.25, -0.2) is 4.79 Å². The molecule has 2 heterocycles. The molecule has 2 aromatic rings. The molecule has 2 aromatic heterocycles. The molecule has 0 aromatic carbocycles. The molecule has 0 fully saturated rings. The van der Waals surface area contributed by atoms with Crippen LogP contribution >= 0.6 is 0 Å². The van der Waals surface area contributed by atoms with Gasteiger partial charge in [0.25, 0.3) is 0 Å². The lowest BCUT2D eigenvalue weighted by molar-refractivity contribution is -0.105. The van der Waals surface area contributed by atoms with Gasteiger partial charge in [-0.1, -0.05) is 24.3 Å². The fourth-order valence-electron chi connectivity index (χ4n) is 2.49. The number of carbonyl (C=O) groups is 2. The van der Waals surface area contributed by atoms with E-state index in [0.717, 1.165) is 23.9 Å². The van der Waals surface area contributed by atoms with Gasteiger partial charge in [0.05, 0.1) is 11.2 Å². The van der Waals surface area contributed by atoms with Gasteiger partial charge in [0.1, 0.15) is 12.3 Å². The molecule has 0 saturated heterocycles. The number of pyridine rings is 1. The minimum atomic E-state index is -0.417. The molecular formula is C17H16N2O3. The first-order valence-electron chi connectivity index (χ1n) is 7.12. The molecule has 1 amide bonds. The van der Waals surface area contributed by atoms with Gasteiger partial charge < -0.3 is 14.5 Å². The number of carbonyl (C=O) groups excluding carboxylic acids is 2. The molecule has 0 unspecified atom stereocenters. The Balaban J connectivity index is 1.82. The number of aromatic nitrogens is 1. The fraction of sp³-hybridized carbons (Fsp3) is 0.176. The van der Waals surface area contributed by atoms with Crippen molar-refractivity contribution in [3.8, 4) is 0 Å². The highest BCUT2D eigenvalue weighted by Crippen LogP contribution is 2.22. The number of nitrogens with one attached hydrogen (secondary N) is 1. The van der Waals surface area contributed by atoms with Crippen molar-refractivity contribution >= 4 is 23.6 Å². The van der Waals surface area contributed by atoms with E-state index in [1.54, 1.807) is 16.7 Å². The number of nitrogens with zero attached hydrogens (tertiary/aromatic N) is 1. The van der Waals surface area contributed by atoms with Crippen molar-refractivity contribution in [2.24, 2.45) is 0 Å². The summed E-state index contributed by atoms with van der Waals surface area (Å²) in [6.07, 6.45) is 10.5. The van der Waals surface area contributed by atoms with E-state index >= 15 is 0 Å². The monoisotopic (exact) mass is 296 g/mol. The summed E-state index contributed by atoms with van der Waals surface area (Å²) >= 11 is 0. The van der Waals surface area contributed by atoms with Gasteiger partial charge in [0, 0.05) is 6.20 Å². The third-order valence-corrected chi connectivity index (χ3v) is 3.54. The molecule has 5 nitrogen and oxygen atoms in total. The van der Waals surface area contributed by atoms with E-state index in [2.05, 4.69) is 17.5 Å². The van der Waals surface area contributed by atoms with E-state index in [0.29, 0.717) is 17.8 Å². The highest BCUT2D eigenvalue weighted by Gasteiger charge is 2.16. The summed E-state index contributed by atoms with van der Waals surface area (Å²) in [7, 11) is 0. The maximum atomic E-state index is 12.3. The average molecular weight is 296 g/mol. The van der Waals surface area contributed by atoms with Gasteiger partial charge in [-0.2, -0.15) is 0 Å². The zero-order chi connectivity index (χ0) is 15.4. The zero-order valence-corrected chi connectivity index (χ0v) is 12.0. The van der Waals surface area contributed by atoms with Gasteiger partial charge in [-0.3, -0.25) is 4.79 Å². The molecule has 0 saturated carbocycles. The Morgan fingerprint density at radius 1 is 1.36 bits per heavy atom. The molecule has 1 N–H and O–H groups in total. The lowest BCUT2D eigenvalue weighted by Crippen LogP contribution is -2.10. The zero-order valence-electron chi connectivity index (χ0n) is 12.0. The minimum Gasteiger partial charge on any atom is -0.456 e. The van der Waals surface area contributed by atoms with E-state index in [4.69, 9.17) is 4.74 Å². The Kier molecular flexibility index (Phi) is 4.05. The predicted octanol–water partition coefficient (Wildman–Crippen LogP) is 2.94. The number of fused-ring (bicyclic) bond motifs is 1. The van der Waals surface area contributed by atoms with Crippen molar-refractivity contribution in [1.29, 1.82) is 0 Å². The topological polar surface area (TPSA) is 59.8 Å². The molecule has 0 atom stereocenters. The molecule has 112 valence electrons. The van der Waals surface area contributed by atoms with Crippen molar-refractivity contribution in [2.45, 2.75) is 12.8 Å². The van der Waals surface area contributed by atoms with Crippen LogP contribution < -0.4 is 5.32 Å². The van der Waals surface area contributed by atoms with Gasteiger partial charge in [-0.15, -0.1) is 0 Å². The first-order valence-corrected chi connectivity index (χ1v) is 7.12. The standard InChI is InChI=1S/C17H16N2O3/c20-12-18-14-10-16(19-9-5-4-8-15(14)19)17(21)22-11-13-6-2-1-3-7-13/h2,4-10,12H,1,3,11H2,(H,18,20). The van der Waals surface area contributed by atoms with E-state index in [1.165, 1.54) is 0 Å². The van der Waals surface area contributed by atoms with E-state index < -0.39 is 5.97 Å². The molecule has 3 rings (SSSR count). The van der Waals surface area contributed by atoms with Gasteiger partial charge >= 0.3 is 5.97 Å². The highest BCUT2D eigenvalue weighted by atomic mass is 16.5. The second-order valence-corrected chi connectivity index (χ2v) is 5.00. The van der Waals surface area contributed by atoms with Crippen LogP contribution in [0.4, 0.5) is 5.69 Å². The van der Waals surface area contributed by atoms with Crippen LogP contribution in [0.5, 0.6) is 0 Å². The third-order valence-electron chi connectivity index (χ3n) is 3.54. The number of amides is 1. The molecule has 0 aliphatic heterocycles. The normalized spacial score (nSPS) is 13.7. The average Bonchev–Trinajstić information content (AvgIpc) is 2.93. The third kappa shape index (κ3) is 2.79. The Hall–Kier alpha value is -2.82. The van der Waals surface area contributed by atoms with Crippen LogP contribution in [0.15, 0.2) is 54.3 Å². The molecule has 0 bridgehead atoms. The number of hydrogen-bond acceptors (Lipinski definition) is 3. The molecular weight excluding hydrogens is 280 g/mol. The number of hydrogen-bond donors (Lipinski definition) is 1. The summed E-state index contributed by atoms with van der Waals surface area (Å²) in [5, 5.41) is 2.60. The van der Waals surface area contributed by atoms with E-state index in [-0.39, 0.29) is 6.61 Å². The molecule has 22 heavy (non-hydrogen) atoms. The number of allylic oxidation sites excluding steroid dienone is 2. The smallest absolute Gasteiger partial charge is 0.355 e. The SMILES string of the molecule is O=CNc1cc(C(=O)OCC2=CCCC=C2)n2ccccc12. The van der Waals surface area contributed by atoms with Crippen LogP contribution in [0, 0.1) is 0 Å². The van der Waals surface area contributed by atoms with E-state index in [9.17, 15) is 9.59 Å². The van der Waals surface area contributed by atoms with Crippen LogP contribution in [0.1, 0.15) is 23.3 Å². The fourth-order valence-corrected chi connectivity index (χ4v) is 2.49. The van der Waals surface area contributed by atoms with Crippen molar-refractivity contribution in [3.63, 3.8) is 0 Å². The summed E-state index contributed by atoms with van der Waals surface area (Å²) in [4.78, 5) is 23.0. The molecule has 1 aliphatic carbocycles. The Morgan fingerprint density at radius 3 is 3.05 bits per heavy atom. The van der Waals surface area contributed by atoms with Gasteiger partial charge in [0.15, 0.2) is 0 Å². The maximum Gasteiger partial charge on any atom is 0.355 e. The summed E-state index contributed by atoms with van der Waals surface area (Å²) in [6, 6.07) is 7.12. The number of ether oxygens (including phenoxy) is 1. The lowest BCUT2D eigenvalue weighted by atomic mass is 10.1.